The van der Waals surface area contributed by atoms with Crippen molar-refractivity contribution < 1.29 is 9.90 Å². The van der Waals surface area contributed by atoms with Crippen LogP contribution in [0.3, 0.4) is 0 Å². The van der Waals surface area contributed by atoms with Crippen molar-refractivity contribution in [1.82, 2.24) is 20.2 Å². The number of phenols is 1. The van der Waals surface area contributed by atoms with Crippen molar-refractivity contribution in [3.8, 4) is 5.75 Å². The fraction of sp³-hybridized carbons (Fsp3) is 0.389. The van der Waals surface area contributed by atoms with Gasteiger partial charge in [0.15, 0.2) is 0 Å². The van der Waals surface area contributed by atoms with Crippen LogP contribution in [0.4, 0.5) is 5.95 Å². The molecule has 1 aromatic heterocycles. The minimum atomic E-state index is -0.502. The second-order valence-corrected chi connectivity index (χ2v) is 7.56. The number of piperazine rings is 1. The third kappa shape index (κ3) is 4.97. The van der Waals surface area contributed by atoms with Crippen LogP contribution in [0.5, 0.6) is 5.75 Å². The van der Waals surface area contributed by atoms with E-state index in [4.69, 9.17) is 34.8 Å². The van der Waals surface area contributed by atoms with Crippen LogP contribution in [0.25, 0.3) is 0 Å². The summed E-state index contributed by atoms with van der Waals surface area (Å²) in [4.78, 5) is 25.4. The lowest BCUT2D eigenvalue weighted by Gasteiger charge is -2.34. The van der Waals surface area contributed by atoms with Gasteiger partial charge in [-0.05, 0) is 25.1 Å². The van der Waals surface area contributed by atoms with Crippen molar-refractivity contribution >= 4 is 46.7 Å². The summed E-state index contributed by atoms with van der Waals surface area (Å²) in [6, 6.07) is 3.11. The molecule has 1 amide bonds. The number of amides is 1. The summed E-state index contributed by atoms with van der Waals surface area (Å²) in [6.45, 7) is 4.83. The van der Waals surface area contributed by atoms with E-state index in [1.165, 1.54) is 6.07 Å². The van der Waals surface area contributed by atoms with E-state index < -0.39 is 5.91 Å². The van der Waals surface area contributed by atoms with Crippen LogP contribution in [-0.4, -0.2) is 65.2 Å². The van der Waals surface area contributed by atoms with Crippen LogP contribution < -0.4 is 10.2 Å². The van der Waals surface area contributed by atoms with E-state index in [0.29, 0.717) is 6.54 Å². The molecular weight excluding hydrogens is 425 g/mol. The van der Waals surface area contributed by atoms with Gasteiger partial charge in [0.2, 0.25) is 5.95 Å². The lowest BCUT2D eigenvalue weighted by molar-refractivity contribution is 0.0949. The molecule has 2 aromatic rings. The molecule has 3 rings (SSSR count). The predicted molar refractivity (Wildman–Crippen MR) is 111 cm³/mol. The van der Waals surface area contributed by atoms with Crippen LogP contribution in [0.2, 0.25) is 15.1 Å². The Kier molecular flexibility index (Phi) is 7.18. The van der Waals surface area contributed by atoms with Crippen LogP contribution in [0.15, 0.2) is 24.5 Å². The van der Waals surface area contributed by atoms with Crippen LogP contribution in [0.1, 0.15) is 16.8 Å². The van der Waals surface area contributed by atoms with E-state index in [-0.39, 0.29) is 26.4 Å². The molecule has 1 fully saturated rings. The van der Waals surface area contributed by atoms with Crippen molar-refractivity contribution in [2.75, 3.05) is 44.2 Å². The van der Waals surface area contributed by atoms with Gasteiger partial charge in [-0.2, -0.15) is 0 Å². The predicted octanol–water partition coefficient (Wildman–Crippen LogP) is 3.08. The maximum atomic E-state index is 12.3. The SMILES string of the molecule is O=C(NCCCN1CCN(c2ncccn2)CC1)c1c(O)c(Cl)cc(Cl)c1Cl. The number of benzene rings is 1. The standard InChI is InChI=1S/C18H20Cl3N5O2/c19-12-11-13(20)16(27)14(15(12)21)17(28)22-5-2-6-25-7-9-26(10-8-25)18-23-3-1-4-24-18/h1,3-4,11,27H,2,5-10H2,(H,22,28). The summed E-state index contributed by atoms with van der Waals surface area (Å²) in [5.41, 5.74) is -0.101. The van der Waals surface area contributed by atoms with Gasteiger partial charge in [0.1, 0.15) is 11.3 Å². The first-order valence-electron chi connectivity index (χ1n) is 8.86. The monoisotopic (exact) mass is 443 g/mol. The van der Waals surface area contributed by atoms with Crippen molar-refractivity contribution in [2.24, 2.45) is 0 Å². The molecule has 1 aromatic carbocycles. The highest BCUT2D eigenvalue weighted by molar-refractivity contribution is 6.45. The quantitative estimate of drug-likeness (QED) is 0.526. The highest BCUT2D eigenvalue weighted by atomic mass is 35.5. The van der Waals surface area contributed by atoms with Gasteiger partial charge in [0.25, 0.3) is 5.91 Å². The number of hydrogen-bond acceptors (Lipinski definition) is 6. The minimum absolute atomic E-state index is 0.0136. The summed E-state index contributed by atoms with van der Waals surface area (Å²) in [7, 11) is 0. The van der Waals surface area contributed by atoms with Gasteiger partial charge in [-0.1, -0.05) is 34.8 Å². The van der Waals surface area contributed by atoms with Crippen LogP contribution >= 0.6 is 34.8 Å². The lowest BCUT2D eigenvalue weighted by atomic mass is 10.2. The summed E-state index contributed by atoms with van der Waals surface area (Å²) < 4.78 is 0. The summed E-state index contributed by atoms with van der Waals surface area (Å²) in [5, 5.41) is 12.8. The number of aromatic hydroxyl groups is 1. The van der Waals surface area contributed by atoms with Crippen molar-refractivity contribution in [3.05, 3.63) is 45.2 Å². The topological polar surface area (TPSA) is 81.6 Å². The Balaban J connectivity index is 1.43. The van der Waals surface area contributed by atoms with Gasteiger partial charge in [0, 0.05) is 45.1 Å². The Morgan fingerprint density at radius 1 is 1.11 bits per heavy atom. The molecule has 28 heavy (non-hydrogen) atoms. The van der Waals surface area contributed by atoms with Crippen molar-refractivity contribution in [1.29, 1.82) is 0 Å². The highest BCUT2D eigenvalue weighted by Gasteiger charge is 2.21. The Morgan fingerprint density at radius 2 is 1.79 bits per heavy atom. The number of carbonyl (C=O) groups is 1. The number of nitrogens with zero attached hydrogens (tertiary/aromatic N) is 4. The largest absolute Gasteiger partial charge is 0.505 e. The Morgan fingerprint density at radius 3 is 2.46 bits per heavy atom. The molecule has 2 heterocycles. The first-order valence-corrected chi connectivity index (χ1v) is 9.99. The maximum Gasteiger partial charge on any atom is 0.256 e. The second-order valence-electron chi connectivity index (χ2n) is 6.36. The molecular formula is C18H20Cl3N5O2. The second kappa shape index (κ2) is 9.60. The number of phenolic OH excluding ortho intramolecular Hbond substituents is 1. The summed E-state index contributed by atoms with van der Waals surface area (Å²) >= 11 is 17.8. The Bertz CT molecular complexity index is 803. The normalized spacial score (nSPS) is 14.9. The molecule has 0 atom stereocenters. The average Bonchev–Trinajstić information content (AvgIpc) is 2.71. The van der Waals surface area contributed by atoms with E-state index in [9.17, 15) is 9.90 Å². The van der Waals surface area contributed by atoms with E-state index in [1.54, 1.807) is 18.5 Å². The molecule has 1 aliphatic rings. The van der Waals surface area contributed by atoms with E-state index in [0.717, 1.165) is 45.1 Å². The lowest BCUT2D eigenvalue weighted by Crippen LogP contribution is -2.47. The van der Waals surface area contributed by atoms with Gasteiger partial charge < -0.3 is 15.3 Å². The zero-order chi connectivity index (χ0) is 20.1. The smallest absolute Gasteiger partial charge is 0.256 e. The number of carbonyl (C=O) groups excluding carboxylic acids is 1. The van der Waals surface area contributed by atoms with Gasteiger partial charge >= 0.3 is 0 Å². The van der Waals surface area contributed by atoms with Crippen molar-refractivity contribution in [2.45, 2.75) is 6.42 Å². The first-order chi connectivity index (χ1) is 13.5. The zero-order valence-corrected chi connectivity index (χ0v) is 17.3. The number of halogens is 3. The molecule has 1 saturated heterocycles. The molecule has 1 aliphatic heterocycles. The Hall–Kier alpha value is -1.80. The number of aromatic nitrogens is 2. The fourth-order valence-corrected chi connectivity index (χ4v) is 3.70. The number of rotatable bonds is 6. The van der Waals surface area contributed by atoms with Crippen LogP contribution in [0, 0.1) is 0 Å². The number of anilines is 1. The third-order valence-electron chi connectivity index (χ3n) is 4.52. The molecule has 150 valence electrons. The fourth-order valence-electron chi connectivity index (χ4n) is 3.01. The van der Waals surface area contributed by atoms with Gasteiger partial charge in [-0.15, -0.1) is 0 Å². The molecule has 10 heteroatoms. The van der Waals surface area contributed by atoms with E-state index in [2.05, 4.69) is 25.1 Å². The minimum Gasteiger partial charge on any atom is -0.505 e. The number of hydrogen-bond donors (Lipinski definition) is 2. The number of nitrogens with one attached hydrogen (secondary N) is 1. The molecule has 0 saturated carbocycles. The average molecular weight is 445 g/mol. The van der Waals surface area contributed by atoms with Crippen LogP contribution in [-0.2, 0) is 0 Å². The van der Waals surface area contributed by atoms with E-state index >= 15 is 0 Å². The Labute approximate surface area is 178 Å². The van der Waals surface area contributed by atoms with Gasteiger partial charge in [-0.25, -0.2) is 9.97 Å². The highest BCUT2D eigenvalue weighted by Crippen LogP contribution is 2.38. The zero-order valence-electron chi connectivity index (χ0n) is 15.0. The first kappa shape index (κ1) is 20.9. The van der Waals surface area contributed by atoms with E-state index in [1.807, 2.05) is 0 Å². The molecule has 0 bridgehead atoms. The van der Waals surface area contributed by atoms with Gasteiger partial charge in [0.05, 0.1) is 15.1 Å². The van der Waals surface area contributed by atoms with Gasteiger partial charge in [-0.3, -0.25) is 9.69 Å². The molecule has 0 unspecified atom stereocenters. The molecule has 0 spiro atoms. The molecule has 0 radical (unpaired) electrons. The summed E-state index contributed by atoms with van der Waals surface area (Å²) in [6.07, 6.45) is 4.25. The molecule has 2 N–H and O–H groups in total. The third-order valence-corrected chi connectivity index (χ3v) is 5.59. The molecule has 7 nitrogen and oxygen atoms in total. The summed E-state index contributed by atoms with van der Waals surface area (Å²) in [5.74, 6) is -0.114. The van der Waals surface area contributed by atoms with Crippen molar-refractivity contribution in [3.63, 3.8) is 0 Å². The molecule has 0 aliphatic carbocycles. The maximum absolute atomic E-state index is 12.3.